The molecule has 0 aliphatic rings. The molecule has 1 aromatic rings. The van der Waals surface area contributed by atoms with E-state index in [0.29, 0.717) is 17.6 Å². The monoisotopic (exact) mass is 330 g/mol. The van der Waals surface area contributed by atoms with E-state index in [1.807, 2.05) is 0 Å². The Kier molecular flexibility index (Phi) is 5.03. The summed E-state index contributed by atoms with van der Waals surface area (Å²) in [4.78, 5) is 23.9. The highest BCUT2D eigenvalue weighted by Crippen LogP contribution is 2.21. The Morgan fingerprint density at radius 2 is 2.14 bits per heavy atom. The van der Waals surface area contributed by atoms with Crippen molar-refractivity contribution in [2.45, 2.75) is 23.7 Å². The molecule has 0 fully saturated rings. The third-order valence-corrected chi connectivity index (χ3v) is 4.98. The number of sulfone groups is 1. The molecular weight excluding hydrogens is 316 g/mol. The van der Waals surface area contributed by atoms with Gasteiger partial charge in [-0.05, 0) is 13.8 Å². The van der Waals surface area contributed by atoms with Gasteiger partial charge in [-0.15, -0.1) is 16.6 Å². The smallest absolute Gasteiger partial charge is 0.301 e. The molecule has 114 valence electrons. The second-order valence-electron chi connectivity index (χ2n) is 4.56. The van der Waals surface area contributed by atoms with Crippen LogP contribution in [0.2, 0.25) is 0 Å². The molecule has 21 heavy (non-hydrogen) atoms. The van der Waals surface area contributed by atoms with Crippen molar-refractivity contribution in [3.8, 4) is 12.3 Å². The summed E-state index contributed by atoms with van der Waals surface area (Å²) in [6.45, 7) is 2.98. The Bertz CT molecular complexity index is 687. The van der Waals surface area contributed by atoms with Gasteiger partial charge in [0.05, 0.1) is 6.54 Å². The topological polar surface area (TPSA) is 109 Å². The molecule has 1 heterocycles. The molecule has 0 saturated carbocycles. The molecular formula is C11H14N4O4S2. The van der Waals surface area contributed by atoms with E-state index < -0.39 is 21.4 Å². The van der Waals surface area contributed by atoms with E-state index in [1.165, 1.54) is 0 Å². The Hall–Kier alpha value is -1.99. The lowest BCUT2D eigenvalue weighted by Crippen LogP contribution is -2.49. The highest BCUT2D eigenvalue weighted by atomic mass is 32.2. The number of anilines is 1. The minimum Gasteiger partial charge on any atom is -0.301 e. The molecule has 0 aliphatic carbocycles. The molecule has 1 rings (SSSR count). The Morgan fingerprint density at radius 1 is 1.52 bits per heavy atom. The fraction of sp³-hybridized carbons (Fsp3) is 0.455. The third-order valence-electron chi connectivity index (χ3n) is 2.47. The van der Waals surface area contributed by atoms with Crippen molar-refractivity contribution in [1.29, 1.82) is 0 Å². The zero-order valence-corrected chi connectivity index (χ0v) is 13.3. The quantitative estimate of drug-likeness (QED) is 0.475. The average Bonchev–Trinajstić information content (AvgIpc) is 2.83. The molecule has 0 aliphatic heterocycles. The van der Waals surface area contributed by atoms with E-state index in [1.54, 1.807) is 13.8 Å². The van der Waals surface area contributed by atoms with Crippen LogP contribution in [0.4, 0.5) is 9.93 Å². The number of carbonyl (C=O) groups excluding carboxylic acids is 2. The van der Waals surface area contributed by atoms with Crippen LogP contribution in [0.15, 0.2) is 4.34 Å². The number of rotatable bonds is 5. The van der Waals surface area contributed by atoms with Gasteiger partial charge in [0.25, 0.3) is 0 Å². The second kappa shape index (κ2) is 6.19. The first-order chi connectivity index (χ1) is 9.61. The molecule has 0 spiro atoms. The minimum atomic E-state index is -3.49. The number of aromatic nitrogens is 2. The van der Waals surface area contributed by atoms with E-state index in [-0.39, 0.29) is 16.0 Å². The highest BCUT2D eigenvalue weighted by Gasteiger charge is 2.29. The number of hydrogen-bond acceptors (Lipinski definition) is 7. The van der Waals surface area contributed by atoms with E-state index in [0.717, 1.165) is 11.2 Å². The molecule has 10 heteroatoms. The number of carbonyl (C=O) groups is 2. The van der Waals surface area contributed by atoms with Crippen LogP contribution in [0.5, 0.6) is 0 Å². The number of aldehydes is 1. The Morgan fingerprint density at radius 3 is 2.57 bits per heavy atom. The number of nitrogens with one attached hydrogen (secondary N) is 1. The normalized spacial score (nSPS) is 11.5. The summed E-state index contributed by atoms with van der Waals surface area (Å²) in [5, 5.41) is 9.41. The number of nitrogens with zero attached hydrogens (tertiary/aromatic N) is 3. The van der Waals surface area contributed by atoms with Crippen LogP contribution >= 0.6 is 11.3 Å². The largest absolute Gasteiger partial charge is 0.325 e. The average molecular weight is 330 g/mol. The zero-order valence-electron chi connectivity index (χ0n) is 11.7. The fourth-order valence-electron chi connectivity index (χ4n) is 1.29. The van der Waals surface area contributed by atoms with Gasteiger partial charge < -0.3 is 9.69 Å². The van der Waals surface area contributed by atoms with Gasteiger partial charge in [0, 0.05) is 6.26 Å². The first-order valence-electron chi connectivity index (χ1n) is 5.65. The van der Waals surface area contributed by atoms with Gasteiger partial charge in [0.15, 0.2) is 0 Å². The number of amides is 2. The maximum atomic E-state index is 12.1. The molecule has 0 unspecified atom stereocenters. The van der Waals surface area contributed by atoms with Gasteiger partial charge in [-0.1, -0.05) is 17.3 Å². The lowest BCUT2D eigenvalue weighted by Gasteiger charge is -2.32. The van der Waals surface area contributed by atoms with Crippen molar-refractivity contribution in [3.05, 3.63) is 0 Å². The predicted octanol–water partition coefficient (Wildman–Crippen LogP) is 0.386. The predicted molar refractivity (Wildman–Crippen MR) is 77.7 cm³/mol. The van der Waals surface area contributed by atoms with E-state index in [9.17, 15) is 18.0 Å². The Labute approximate surface area is 126 Å². The van der Waals surface area contributed by atoms with Crippen molar-refractivity contribution in [3.63, 3.8) is 0 Å². The SMILES string of the molecule is C#CC(C)(C)N(CC=O)C(=O)Nc1nnc(S(C)(=O)=O)s1. The molecule has 0 aromatic carbocycles. The van der Waals surface area contributed by atoms with Crippen molar-refractivity contribution in [2.75, 3.05) is 18.1 Å². The van der Waals surface area contributed by atoms with Gasteiger partial charge >= 0.3 is 6.03 Å². The first-order valence-corrected chi connectivity index (χ1v) is 8.36. The summed E-state index contributed by atoms with van der Waals surface area (Å²) < 4.78 is 22.4. The zero-order chi connectivity index (χ0) is 16.3. The molecule has 8 nitrogen and oxygen atoms in total. The first kappa shape index (κ1) is 17.1. The molecule has 0 saturated heterocycles. The maximum Gasteiger partial charge on any atom is 0.325 e. The van der Waals surface area contributed by atoms with Crippen LogP contribution in [0, 0.1) is 12.3 Å². The molecule has 1 N–H and O–H groups in total. The summed E-state index contributed by atoms with van der Waals surface area (Å²) in [5.74, 6) is 2.40. The molecule has 0 radical (unpaired) electrons. The van der Waals surface area contributed by atoms with Gasteiger partial charge in [0.1, 0.15) is 11.8 Å². The minimum absolute atomic E-state index is 0.00384. The highest BCUT2D eigenvalue weighted by molar-refractivity contribution is 7.92. The molecule has 1 aromatic heterocycles. The van der Waals surface area contributed by atoms with Gasteiger partial charge in [-0.2, -0.15) is 0 Å². The molecule has 2 amide bonds. The van der Waals surface area contributed by atoms with Crippen LogP contribution in [-0.4, -0.2) is 54.2 Å². The van der Waals surface area contributed by atoms with Crippen molar-refractivity contribution in [1.82, 2.24) is 15.1 Å². The summed E-state index contributed by atoms with van der Waals surface area (Å²) >= 11 is 0.713. The summed E-state index contributed by atoms with van der Waals surface area (Å²) in [6, 6.07) is -0.666. The van der Waals surface area contributed by atoms with Crippen LogP contribution in [-0.2, 0) is 14.6 Å². The van der Waals surface area contributed by atoms with Crippen LogP contribution in [0.3, 0.4) is 0 Å². The maximum absolute atomic E-state index is 12.1. The van der Waals surface area contributed by atoms with E-state index in [4.69, 9.17) is 6.42 Å². The standard InChI is InChI=1S/C11H14N4O4S2/c1-5-11(2,3)15(6-7-16)9(17)12-8-13-14-10(20-8)21(4,18)19/h1,7H,6H2,2-4H3,(H,12,13,17). The summed E-state index contributed by atoms with van der Waals surface area (Å²) in [7, 11) is -3.49. The van der Waals surface area contributed by atoms with Gasteiger partial charge in [0.2, 0.25) is 19.3 Å². The lowest BCUT2D eigenvalue weighted by atomic mass is 10.1. The van der Waals surface area contributed by atoms with E-state index >= 15 is 0 Å². The van der Waals surface area contributed by atoms with E-state index in [2.05, 4.69) is 21.4 Å². The van der Waals surface area contributed by atoms with Crippen LogP contribution in [0.25, 0.3) is 0 Å². The summed E-state index contributed by atoms with van der Waals surface area (Å²) in [5.41, 5.74) is -0.991. The summed E-state index contributed by atoms with van der Waals surface area (Å²) in [6.07, 6.45) is 6.87. The third kappa shape index (κ3) is 4.24. The van der Waals surface area contributed by atoms with Gasteiger partial charge in [-0.25, -0.2) is 13.2 Å². The lowest BCUT2D eigenvalue weighted by molar-refractivity contribution is -0.108. The number of hydrogen-bond donors (Lipinski definition) is 1. The fourth-order valence-corrected chi connectivity index (χ4v) is 2.79. The van der Waals surface area contributed by atoms with Crippen LogP contribution < -0.4 is 5.32 Å². The van der Waals surface area contributed by atoms with Crippen molar-refractivity contribution >= 4 is 38.6 Å². The molecule has 0 bridgehead atoms. The second-order valence-corrected chi connectivity index (χ2v) is 7.72. The van der Waals surface area contributed by atoms with Crippen molar-refractivity contribution in [2.24, 2.45) is 0 Å². The van der Waals surface area contributed by atoms with Crippen LogP contribution in [0.1, 0.15) is 13.8 Å². The Balaban J connectivity index is 2.95. The van der Waals surface area contributed by atoms with Crippen molar-refractivity contribution < 1.29 is 18.0 Å². The van der Waals surface area contributed by atoms with Gasteiger partial charge in [-0.3, -0.25) is 5.32 Å². The number of urea groups is 1. The molecule has 0 atom stereocenters. The number of terminal acetylenes is 1.